The Kier molecular flexibility index (Phi) is 10.4. The largest absolute Gasteiger partial charge is 0.298 e. The molecule has 0 aliphatic carbocycles. The Bertz CT molecular complexity index is 1240. The summed E-state index contributed by atoms with van der Waals surface area (Å²) in [4.78, 5) is 7.65. The number of hydrogen-bond donors (Lipinski definition) is 0. The second-order valence-corrected chi connectivity index (χ2v) is 15.3. The molecule has 0 aromatic heterocycles. The molecule has 3 aromatic rings. The van der Waals surface area contributed by atoms with Crippen molar-refractivity contribution in [3.8, 4) is 0 Å². The summed E-state index contributed by atoms with van der Waals surface area (Å²) in [5.41, 5.74) is 10.0. The lowest BCUT2D eigenvalue weighted by Crippen LogP contribution is -2.44. The third-order valence-electron chi connectivity index (χ3n) is 9.24. The lowest BCUT2D eigenvalue weighted by molar-refractivity contribution is 0.121. The standard InChI is InChI=1S/C14H21N.C13H19N.C12H17N/c1-14(2,3)15-10-8-12-6-4-5-7-13(12)9-11-15;1-13(2,3)14-9-8-11-6-4-5-7-12(11)10-14;1-12(2,3)13-8-10-6-4-5-7-11(10)9-13/h4-7H,8-11H2,1-3H3;4-7H,8-10H2,1-3H3;4-7H,8-9H2,1-3H3. The first-order valence-electron chi connectivity index (χ1n) is 16.2. The molecule has 3 heterocycles. The molecule has 42 heavy (non-hydrogen) atoms. The monoisotopic (exact) mass is 567 g/mol. The number of benzene rings is 3. The van der Waals surface area contributed by atoms with Crippen LogP contribution in [0.3, 0.4) is 0 Å². The van der Waals surface area contributed by atoms with E-state index in [0.717, 1.165) is 19.6 Å². The maximum atomic E-state index is 2.59. The van der Waals surface area contributed by atoms with E-state index in [1.807, 2.05) is 0 Å². The number of fused-ring (bicyclic) bond motifs is 3. The molecule has 0 saturated carbocycles. The van der Waals surface area contributed by atoms with Gasteiger partial charge in [-0.3, -0.25) is 14.7 Å². The molecule has 0 fully saturated rings. The van der Waals surface area contributed by atoms with Gasteiger partial charge in [-0.2, -0.15) is 0 Å². The van der Waals surface area contributed by atoms with Crippen LogP contribution in [-0.4, -0.2) is 51.0 Å². The zero-order valence-electron chi connectivity index (χ0n) is 28.1. The SMILES string of the molecule is CC(C)(C)N1CCc2ccccc2C1.CC(C)(C)N1CCc2ccccc2CC1.CC(C)(C)N1Cc2ccccc2C1. The second kappa shape index (κ2) is 13.5. The van der Waals surface area contributed by atoms with Crippen LogP contribution in [0.25, 0.3) is 0 Å². The molecule has 3 aliphatic heterocycles. The molecular formula is C39H57N3. The van der Waals surface area contributed by atoms with Gasteiger partial charge < -0.3 is 0 Å². The summed E-state index contributed by atoms with van der Waals surface area (Å²) < 4.78 is 0. The maximum absolute atomic E-state index is 2.59. The minimum absolute atomic E-state index is 0.291. The summed E-state index contributed by atoms with van der Waals surface area (Å²) in [6, 6.07) is 26.4. The van der Waals surface area contributed by atoms with Crippen LogP contribution in [-0.2, 0) is 38.9 Å². The fourth-order valence-electron chi connectivity index (χ4n) is 6.21. The highest BCUT2D eigenvalue weighted by atomic mass is 15.2. The lowest BCUT2D eigenvalue weighted by Gasteiger charge is -2.39. The maximum Gasteiger partial charge on any atom is 0.0245 e. The van der Waals surface area contributed by atoms with Crippen molar-refractivity contribution in [3.05, 3.63) is 106 Å². The van der Waals surface area contributed by atoms with E-state index in [1.165, 1.54) is 61.2 Å². The van der Waals surface area contributed by atoms with Gasteiger partial charge in [-0.25, -0.2) is 0 Å². The number of rotatable bonds is 0. The molecule has 0 radical (unpaired) electrons. The van der Waals surface area contributed by atoms with E-state index in [2.05, 4.69) is 150 Å². The van der Waals surface area contributed by atoms with Gasteiger partial charge in [0.25, 0.3) is 0 Å². The topological polar surface area (TPSA) is 9.72 Å². The summed E-state index contributed by atoms with van der Waals surface area (Å²) in [6.07, 6.45) is 3.61. The van der Waals surface area contributed by atoms with Crippen molar-refractivity contribution in [2.24, 2.45) is 0 Å². The lowest BCUT2D eigenvalue weighted by atomic mass is 9.95. The van der Waals surface area contributed by atoms with Crippen molar-refractivity contribution in [2.45, 2.75) is 118 Å². The Balaban J connectivity index is 0.000000145. The quantitative estimate of drug-likeness (QED) is 0.270. The van der Waals surface area contributed by atoms with Gasteiger partial charge in [0.1, 0.15) is 0 Å². The van der Waals surface area contributed by atoms with Crippen LogP contribution in [0, 0.1) is 0 Å². The van der Waals surface area contributed by atoms with Crippen LogP contribution in [0.4, 0.5) is 0 Å². The summed E-state index contributed by atoms with van der Waals surface area (Å²) in [7, 11) is 0. The van der Waals surface area contributed by atoms with Crippen molar-refractivity contribution < 1.29 is 0 Å². The van der Waals surface area contributed by atoms with E-state index in [4.69, 9.17) is 0 Å². The fourth-order valence-corrected chi connectivity index (χ4v) is 6.21. The molecule has 0 spiro atoms. The minimum Gasteiger partial charge on any atom is -0.298 e. The third-order valence-corrected chi connectivity index (χ3v) is 9.24. The molecule has 3 nitrogen and oxygen atoms in total. The average Bonchev–Trinajstić information content (AvgIpc) is 3.26. The molecule has 0 saturated heterocycles. The van der Waals surface area contributed by atoms with Crippen LogP contribution in [0.2, 0.25) is 0 Å². The zero-order valence-corrected chi connectivity index (χ0v) is 28.1. The molecule has 0 unspecified atom stereocenters. The van der Waals surface area contributed by atoms with Gasteiger partial charge in [0.05, 0.1) is 0 Å². The molecule has 6 rings (SSSR count). The van der Waals surface area contributed by atoms with Gasteiger partial charge in [-0.1, -0.05) is 72.8 Å². The molecular weight excluding hydrogens is 510 g/mol. The van der Waals surface area contributed by atoms with Crippen LogP contribution < -0.4 is 0 Å². The molecule has 3 heteroatoms. The van der Waals surface area contributed by atoms with Gasteiger partial charge >= 0.3 is 0 Å². The summed E-state index contributed by atoms with van der Waals surface area (Å²) in [6.45, 7) is 27.6. The first-order chi connectivity index (χ1) is 19.7. The molecule has 228 valence electrons. The Hall–Kier alpha value is -2.46. The van der Waals surface area contributed by atoms with Gasteiger partial charge in [-0.15, -0.1) is 0 Å². The van der Waals surface area contributed by atoms with Gasteiger partial charge in [0.15, 0.2) is 0 Å². The summed E-state index contributed by atoms with van der Waals surface area (Å²) >= 11 is 0. The van der Waals surface area contributed by atoms with Crippen LogP contribution >= 0.6 is 0 Å². The van der Waals surface area contributed by atoms with Crippen molar-refractivity contribution in [1.29, 1.82) is 0 Å². The first-order valence-corrected chi connectivity index (χ1v) is 16.2. The fraction of sp³-hybridized carbons (Fsp3) is 0.538. The van der Waals surface area contributed by atoms with E-state index in [-0.39, 0.29) is 0 Å². The minimum atomic E-state index is 0.291. The van der Waals surface area contributed by atoms with E-state index >= 15 is 0 Å². The Morgan fingerprint density at radius 1 is 0.357 bits per heavy atom. The molecule has 0 amide bonds. The predicted octanol–water partition coefficient (Wildman–Crippen LogP) is 8.53. The highest BCUT2D eigenvalue weighted by Gasteiger charge is 2.28. The molecule has 0 bridgehead atoms. The second-order valence-electron chi connectivity index (χ2n) is 15.3. The van der Waals surface area contributed by atoms with Crippen LogP contribution in [0.15, 0.2) is 72.8 Å². The third kappa shape index (κ3) is 8.78. The zero-order chi connectivity index (χ0) is 30.5. The van der Waals surface area contributed by atoms with Crippen molar-refractivity contribution in [2.75, 3.05) is 19.6 Å². The van der Waals surface area contributed by atoms with Gasteiger partial charge in [0.2, 0.25) is 0 Å². The smallest absolute Gasteiger partial charge is 0.0245 e. The molecule has 0 atom stereocenters. The van der Waals surface area contributed by atoms with E-state index in [9.17, 15) is 0 Å². The molecule has 3 aromatic carbocycles. The Labute approximate surface area is 257 Å². The van der Waals surface area contributed by atoms with Crippen LogP contribution in [0.5, 0.6) is 0 Å². The van der Waals surface area contributed by atoms with Crippen molar-refractivity contribution in [3.63, 3.8) is 0 Å². The van der Waals surface area contributed by atoms with E-state index in [0.29, 0.717) is 16.6 Å². The predicted molar refractivity (Wildman–Crippen MR) is 181 cm³/mol. The van der Waals surface area contributed by atoms with Crippen LogP contribution in [0.1, 0.15) is 95.7 Å². The van der Waals surface area contributed by atoms with Crippen molar-refractivity contribution >= 4 is 0 Å². The highest BCUT2D eigenvalue weighted by molar-refractivity contribution is 5.31. The number of nitrogens with zero attached hydrogens (tertiary/aromatic N) is 3. The van der Waals surface area contributed by atoms with Gasteiger partial charge in [-0.05, 0) is 115 Å². The number of hydrogen-bond acceptors (Lipinski definition) is 3. The van der Waals surface area contributed by atoms with Crippen molar-refractivity contribution in [1.82, 2.24) is 14.7 Å². The first kappa shape index (κ1) is 32.5. The average molecular weight is 568 g/mol. The summed E-state index contributed by atoms with van der Waals surface area (Å²) in [5.74, 6) is 0. The molecule has 0 N–H and O–H groups in total. The van der Waals surface area contributed by atoms with Gasteiger partial charge in [0, 0.05) is 55.9 Å². The Morgan fingerprint density at radius 2 is 0.619 bits per heavy atom. The Morgan fingerprint density at radius 3 is 0.976 bits per heavy atom. The normalized spacial score (nSPS) is 17.9. The van der Waals surface area contributed by atoms with E-state index in [1.54, 1.807) is 11.1 Å². The molecule has 3 aliphatic rings. The van der Waals surface area contributed by atoms with E-state index < -0.39 is 0 Å². The highest BCUT2D eigenvalue weighted by Crippen LogP contribution is 2.28. The summed E-state index contributed by atoms with van der Waals surface area (Å²) in [5, 5.41) is 0.